The third-order valence-electron chi connectivity index (χ3n) is 0.642. The molecule has 0 heterocycles. The first-order valence-electron chi connectivity index (χ1n) is 7.06. The van der Waals surface area contributed by atoms with Crippen LogP contribution in [0.5, 0.6) is 0 Å². The van der Waals surface area contributed by atoms with Gasteiger partial charge in [0.15, 0.2) is 0 Å². The highest BCUT2D eigenvalue weighted by Crippen LogP contribution is 1.49. The van der Waals surface area contributed by atoms with Gasteiger partial charge >= 0.3 is 0 Å². The molecule has 0 aliphatic heterocycles. The molecule has 0 bridgehead atoms. The number of quaternary nitrogens is 5. The van der Waals surface area contributed by atoms with Gasteiger partial charge in [0.05, 0.1) is 0 Å². The maximum absolute atomic E-state index is 8.89. The SMILES string of the molecule is CC(=O)[O-].CC(=O)[O-].CC(=O)[O-].CC(=O)[O-].CC(=O)[O-].NCCNCCN.O.[NH4+].[NH4+].[NH4+].[NH4+].[NH4+]. The standard InChI is InChI=1S/C4H13N3.5C2H4O2.5H3N.H2O/c5-1-3-7-4-2-6;5*1-2(3)4;;;;;;/h7H,1-6H2;5*1H3,(H,3,4);5*1H3;1H2. The van der Waals surface area contributed by atoms with Crippen LogP contribution in [0.15, 0.2) is 0 Å². The number of nitrogens with two attached hydrogens (primary N) is 2. The molecule has 33 heavy (non-hydrogen) atoms. The van der Waals surface area contributed by atoms with Gasteiger partial charge in [-0.25, -0.2) is 0 Å². The van der Waals surface area contributed by atoms with Gasteiger partial charge in [-0.15, -0.1) is 0 Å². The number of hydrogen-bond donors (Lipinski definition) is 8. The largest absolute Gasteiger partial charge is 0.550 e. The van der Waals surface area contributed by atoms with Crippen molar-refractivity contribution in [3.05, 3.63) is 0 Å². The highest BCUT2D eigenvalue weighted by Gasteiger charge is 1.76. The summed E-state index contributed by atoms with van der Waals surface area (Å²) in [6.07, 6.45) is 0. The molecule has 212 valence electrons. The minimum atomic E-state index is -1.08. The fraction of sp³-hybridized carbons (Fsp3) is 0.643. The van der Waals surface area contributed by atoms with E-state index < -0.39 is 29.8 Å². The van der Waals surface area contributed by atoms with Crippen LogP contribution in [-0.4, -0.2) is 61.5 Å². The van der Waals surface area contributed by atoms with Gasteiger partial charge in [0.1, 0.15) is 0 Å². The van der Waals surface area contributed by atoms with E-state index in [-0.39, 0.29) is 36.2 Å². The quantitative estimate of drug-likeness (QED) is 0.164. The van der Waals surface area contributed by atoms with Crippen molar-refractivity contribution in [1.82, 2.24) is 36.1 Å². The van der Waals surface area contributed by atoms with Crippen molar-refractivity contribution in [2.75, 3.05) is 26.2 Å². The Morgan fingerprint density at radius 2 is 0.606 bits per heavy atom. The van der Waals surface area contributed by atoms with Crippen LogP contribution in [0.25, 0.3) is 0 Å². The van der Waals surface area contributed by atoms with Gasteiger partial charge in [-0.05, 0) is 34.6 Å². The van der Waals surface area contributed by atoms with E-state index in [0.29, 0.717) is 13.1 Å². The van der Waals surface area contributed by atoms with Gasteiger partial charge in [0, 0.05) is 56.0 Å². The molecule has 0 aromatic rings. The smallest absolute Gasteiger partial charge is 0.0383 e. The zero-order chi connectivity index (χ0) is 23.4. The highest BCUT2D eigenvalue weighted by molar-refractivity contribution is 5.61. The van der Waals surface area contributed by atoms with Gasteiger partial charge in [-0.2, -0.15) is 0 Å². The first kappa shape index (κ1) is 77.9. The molecule has 0 fully saturated rings. The zero-order valence-corrected chi connectivity index (χ0v) is 21.6. The molecule has 27 N–H and O–H groups in total. The molecule has 0 saturated carbocycles. The van der Waals surface area contributed by atoms with Crippen LogP contribution in [0.4, 0.5) is 0 Å². The van der Waals surface area contributed by atoms with Gasteiger partial charge in [-0.3, -0.25) is 0 Å². The van der Waals surface area contributed by atoms with Gasteiger partial charge in [0.25, 0.3) is 0 Å². The molecule has 0 aliphatic carbocycles. The van der Waals surface area contributed by atoms with Crippen LogP contribution >= 0.6 is 0 Å². The normalized spacial score (nSPS) is 5.79. The summed E-state index contributed by atoms with van der Waals surface area (Å²) in [6.45, 7) is 7.99. The number of nitrogens with one attached hydrogen (secondary N) is 1. The molecule has 0 unspecified atom stereocenters. The predicted octanol–water partition coefficient (Wildman–Crippen LogP) is -6.67. The summed E-state index contributed by atoms with van der Waals surface area (Å²) in [6, 6.07) is 0. The molecule has 0 aliphatic rings. The molecule has 0 aromatic heterocycles. The summed E-state index contributed by atoms with van der Waals surface area (Å²) in [5.74, 6) is -5.42. The molecule has 0 spiro atoms. The number of hydrogen-bond acceptors (Lipinski definition) is 13. The number of rotatable bonds is 4. The fourth-order valence-corrected chi connectivity index (χ4v) is 0.329. The van der Waals surface area contributed by atoms with Crippen LogP contribution in [-0.2, 0) is 24.0 Å². The predicted molar refractivity (Wildman–Crippen MR) is 118 cm³/mol. The van der Waals surface area contributed by atoms with Crippen molar-refractivity contribution in [2.45, 2.75) is 34.6 Å². The zero-order valence-electron chi connectivity index (χ0n) is 21.6. The first-order chi connectivity index (χ1) is 12.1. The second-order valence-electron chi connectivity index (χ2n) is 3.79. The lowest BCUT2D eigenvalue weighted by molar-refractivity contribution is -0.303. The number of aliphatic carboxylic acids is 5. The van der Waals surface area contributed by atoms with Crippen molar-refractivity contribution in [1.29, 1.82) is 0 Å². The molecule has 0 radical (unpaired) electrons. The summed E-state index contributed by atoms with van der Waals surface area (Å²) >= 11 is 0. The Labute approximate surface area is 194 Å². The molecule has 19 nitrogen and oxygen atoms in total. The number of carbonyl (C=O) groups is 5. The molecule has 0 saturated heterocycles. The van der Waals surface area contributed by atoms with Gasteiger partial charge < -0.3 is 103 Å². The second-order valence-corrected chi connectivity index (χ2v) is 3.79. The molecular formula is C14H50N8O11. The Hall–Kier alpha value is -3.01. The topological polar surface area (TPSA) is 479 Å². The van der Waals surface area contributed by atoms with Crippen LogP contribution in [0.2, 0.25) is 0 Å². The van der Waals surface area contributed by atoms with Crippen LogP contribution in [0, 0.1) is 0 Å². The van der Waals surface area contributed by atoms with E-state index in [4.69, 9.17) is 61.0 Å². The first-order valence-corrected chi connectivity index (χ1v) is 7.06. The molecule has 19 heteroatoms. The van der Waals surface area contributed by atoms with E-state index in [1.54, 1.807) is 0 Å². The Balaban J connectivity index is -0.0000000157. The van der Waals surface area contributed by atoms with Crippen LogP contribution in [0.3, 0.4) is 0 Å². The van der Waals surface area contributed by atoms with Crippen molar-refractivity contribution >= 4 is 29.8 Å². The number of carbonyl (C=O) groups excluding carboxylic acids is 5. The minimum Gasteiger partial charge on any atom is -0.550 e. The average Bonchev–Trinajstić information content (AvgIpc) is 2.35. The molecule has 0 rings (SSSR count). The van der Waals surface area contributed by atoms with Crippen molar-refractivity contribution in [3.63, 3.8) is 0 Å². The van der Waals surface area contributed by atoms with E-state index in [2.05, 4.69) is 5.32 Å². The summed E-state index contributed by atoms with van der Waals surface area (Å²) < 4.78 is 0. The Morgan fingerprint density at radius 3 is 0.667 bits per heavy atom. The lowest BCUT2D eigenvalue weighted by atomic mass is 10.6. The maximum atomic E-state index is 8.89. The summed E-state index contributed by atoms with van der Waals surface area (Å²) in [4.78, 5) is 44.4. The van der Waals surface area contributed by atoms with Crippen LogP contribution in [0.1, 0.15) is 34.6 Å². The minimum absolute atomic E-state index is 0. The van der Waals surface area contributed by atoms with Crippen LogP contribution < -0.4 is 73.1 Å². The number of carboxylic acids is 5. The molecule has 0 aromatic carbocycles. The molecular weight excluding hydrogens is 456 g/mol. The number of carboxylic acid groups (broad SMARTS) is 5. The van der Waals surface area contributed by atoms with E-state index in [0.717, 1.165) is 47.7 Å². The second kappa shape index (κ2) is 78.7. The lowest BCUT2D eigenvalue weighted by Crippen LogP contribution is -2.27. The molecule has 0 atom stereocenters. The van der Waals surface area contributed by atoms with Gasteiger partial charge in [-0.1, -0.05) is 0 Å². The van der Waals surface area contributed by atoms with E-state index in [1.165, 1.54) is 0 Å². The molecule has 0 amide bonds. The van der Waals surface area contributed by atoms with E-state index in [1.807, 2.05) is 0 Å². The maximum Gasteiger partial charge on any atom is 0.0383 e. The van der Waals surface area contributed by atoms with Crippen molar-refractivity contribution < 1.29 is 55.0 Å². The summed E-state index contributed by atoms with van der Waals surface area (Å²) in [5, 5.41) is 47.5. The van der Waals surface area contributed by atoms with Crippen molar-refractivity contribution in [3.8, 4) is 0 Å². The lowest BCUT2D eigenvalue weighted by Gasteiger charge is -1.95. The average molecular weight is 507 g/mol. The third kappa shape index (κ3) is 21500. The third-order valence-corrected chi connectivity index (χ3v) is 0.642. The summed E-state index contributed by atoms with van der Waals surface area (Å²) in [7, 11) is 0. The van der Waals surface area contributed by atoms with E-state index >= 15 is 0 Å². The summed E-state index contributed by atoms with van der Waals surface area (Å²) in [5.41, 5.74) is 10.3. The Kier molecular flexibility index (Phi) is 186. The van der Waals surface area contributed by atoms with Crippen molar-refractivity contribution in [2.24, 2.45) is 11.5 Å². The monoisotopic (exact) mass is 506 g/mol. The Morgan fingerprint density at radius 1 is 0.515 bits per heavy atom. The Bertz CT molecular complexity index is 297. The van der Waals surface area contributed by atoms with E-state index in [9.17, 15) is 0 Å². The highest BCUT2D eigenvalue weighted by atomic mass is 16.4. The van der Waals surface area contributed by atoms with Gasteiger partial charge in [0.2, 0.25) is 0 Å². The fourth-order valence-electron chi connectivity index (χ4n) is 0.329.